The molecule has 0 bridgehead atoms. The maximum absolute atomic E-state index is 12.5. The lowest BCUT2D eigenvalue weighted by Crippen LogP contribution is -2.50. The Morgan fingerprint density at radius 1 is 1.12 bits per heavy atom. The topological polar surface area (TPSA) is 79.7 Å². The predicted octanol–water partition coefficient (Wildman–Crippen LogP) is 2.73. The summed E-state index contributed by atoms with van der Waals surface area (Å²) in [7, 11) is 1.86. The van der Waals surface area contributed by atoms with Gasteiger partial charge in [0.1, 0.15) is 5.75 Å². The van der Waals surface area contributed by atoms with E-state index < -0.39 is 6.36 Å². The molecule has 1 aliphatic rings. The number of hydrogen-bond acceptors (Lipinski definition) is 5. The minimum absolute atomic E-state index is 0.0945. The van der Waals surface area contributed by atoms with Gasteiger partial charge < -0.3 is 15.0 Å². The maximum atomic E-state index is 12.5. The normalized spacial score (nSPS) is 15.2. The summed E-state index contributed by atoms with van der Waals surface area (Å²) in [6.07, 6.45) is -1.43. The number of carbonyl (C=O) groups excluding carboxylic acids is 2. The summed E-state index contributed by atoms with van der Waals surface area (Å²) in [4.78, 5) is 28.4. The number of nitrogens with zero attached hydrogens (tertiary/aromatic N) is 4. The van der Waals surface area contributed by atoms with Gasteiger partial charge in [0.2, 0.25) is 11.8 Å². The van der Waals surface area contributed by atoms with Crippen molar-refractivity contribution in [2.75, 3.05) is 38.0 Å². The molecule has 0 spiro atoms. The van der Waals surface area contributed by atoms with Gasteiger partial charge in [0, 0.05) is 56.2 Å². The van der Waals surface area contributed by atoms with Crippen LogP contribution in [0.15, 0.2) is 30.3 Å². The minimum Gasteiger partial charge on any atom is -0.406 e. The molecule has 2 heterocycles. The molecule has 1 fully saturated rings. The van der Waals surface area contributed by atoms with Crippen LogP contribution >= 0.6 is 0 Å². The van der Waals surface area contributed by atoms with E-state index in [1.807, 2.05) is 25.8 Å². The van der Waals surface area contributed by atoms with Crippen LogP contribution in [-0.4, -0.2) is 70.5 Å². The lowest BCUT2D eigenvalue weighted by molar-refractivity contribution is -0.274. The molecule has 2 amide bonds. The quantitative estimate of drug-likeness (QED) is 0.664. The van der Waals surface area contributed by atoms with Gasteiger partial charge in [0.05, 0.1) is 12.2 Å². The zero-order valence-electron chi connectivity index (χ0n) is 18.6. The lowest BCUT2D eigenvalue weighted by atomic mass is 10.2. The monoisotopic (exact) mass is 465 g/mol. The van der Waals surface area contributed by atoms with Gasteiger partial charge in [-0.15, -0.1) is 13.2 Å². The number of piperazine rings is 1. The maximum Gasteiger partial charge on any atom is 0.573 e. The van der Waals surface area contributed by atoms with Crippen molar-refractivity contribution in [3.8, 4) is 5.75 Å². The first-order chi connectivity index (χ1) is 15.5. The van der Waals surface area contributed by atoms with Crippen LogP contribution in [0, 0.1) is 13.8 Å². The molecule has 3 rings (SSSR count). The van der Waals surface area contributed by atoms with Crippen LogP contribution in [0.3, 0.4) is 0 Å². The van der Waals surface area contributed by atoms with E-state index in [0.29, 0.717) is 31.9 Å². The standard InChI is InChI=1S/C22H26F3N5O3/c1-15-19(16(2)28(3)27-15)8-9-21(32)30-12-10-29(11-13-30)14-20(31)26-17-4-6-18(7-5-17)33-22(23,24)25/h4-9H,10-14H2,1-3H3,(H,26,31). The van der Waals surface area contributed by atoms with Crippen LogP contribution in [0.25, 0.3) is 6.08 Å². The van der Waals surface area contributed by atoms with Crippen LogP contribution in [0.5, 0.6) is 5.75 Å². The number of amides is 2. The van der Waals surface area contributed by atoms with Crippen molar-refractivity contribution >= 4 is 23.6 Å². The Kier molecular flexibility index (Phi) is 7.42. The largest absolute Gasteiger partial charge is 0.573 e. The molecular formula is C22H26F3N5O3. The second-order valence-electron chi connectivity index (χ2n) is 7.76. The van der Waals surface area contributed by atoms with E-state index in [2.05, 4.69) is 15.2 Å². The van der Waals surface area contributed by atoms with E-state index in [9.17, 15) is 22.8 Å². The summed E-state index contributed by atoms with van der Waals surface area (Å²) >= 11 is 0. The van der Waals surface area contributed by atoms with Crippen LogP contribution in [0.2, 0.25) is 0 Å². The number of nitrogens with one attached hydrogen (secondary N) is 1. The van der Waals surface area contributed by atoms with E-state index in [0.717, 1.165) is 29.1 Å². The third kappa shape index (κ3) is 6.82. The van der Waals surface area contributed by atoms with Crippen molar-refractivity contribution in [1.82, 2.24) is 19.6 Å². The van der Waals surface area contributed by atoms with Gasteiger partial charge in [0.15, 0.2) is 0 Å². The van der Waals surface area contributed by atoms with Crippen molar-refractivity contribution in [2.24, 2.45) is 7.05 Å². The number of ether oxygens (including phenoxy) is 1. The Bertz CT molecular complexity index is 1020. The van der Waals surface area contributed by atoms with Crippen LogP contribution in [-0.2, 0) is 16.6 Å². The first-order valence-electron chi connectivity index (χ1n) is 10.4. The molecule has 0 radical (unpaired) electrons. The van der Waals surface area contributed by atoms with E-state index in [1.54, 1.807) is 21.7 Å². The van der Waals surface area contributed by atoms with E-state index in [4.69, 9.17) is 0 Å². The Balaban J connectivity index is 1.44. The molecule has 0 atom stereocenters. The molecule has 0 aliphatic carbocycles. The summed E-state index contributed by atoms with van der Waals surface area (Å²) in [6.45, 7) is 6.01. The SMILES string of the molecule is Cc1nn(C)c(C)c1C=CC(=O)N1CCN(CC(=O)Nc2ccc(OC(F)(F)F)cc2)CC1. The molecule has 8 nitrogen and oxygen atoms in total. The minimum atomic E-state index is -4.76. The Hall–Kier alpha value is -3.34. The van der Waals surface area contributed by atoms with Gasteiger partial charge in [-0.3, -0.25) is 19.2 Å². The molecule has 0 saturated carbocycles. The zero-order valence-corrected chi connectivity index (χ0v) is 18.6. The molecule has 33 heavy (non-hydrogen) atoms. The number of aromatic nitrogens is 2. The van der Waals surface area contributed by atoms with Crippen molar-refractivity contribution < 1.29 is 27.5 Å². The van der Waals surface area contributed by atoms with E-state index in [1.165, 1.54) is 12.1 Å². The van der Waals surface area contributed by atoms with Gasteiger partial charge in [-0.05, 0) is 44.2 Å². The smallest absolute Gasteiger partial charge is 0.406 e. The van der Waals surface area contributed by atoms with Crippen molar-refractivity contribution in [3.63, 3.8) is 0 Å². The van der Waals surface area contributed by atoms with Crippen molar-refractivity contribution in [2.45, 2.75) is 20.2 Å². The Labute approximate surface area is 189 Å². The number of rotatable bonds is 6. The van der Waals surface area contributed by atoms with Gasteiger partial charge in [0.25, 0.3) is 0 Å². The Morgan fingerprint density at radius 2 is 1.76 bits per heavy atom. The molecule has 1 aliphatic heterocycles. The second-order valence-corrected chi connectivity index (χ2v) is 7.76. The molecule has 178 valence electrons. The van der Waals surface area contributed by atoms with E-state index in [-0.39, 0.29) is 24.1 Å². The molecule has 1 aromatic carbocycles. The van der Waals surface area contributed by atoms with Crippen LogP contribution < -0.4 is 10.1 Å². The number of halogens is 3. The first-order valence-corrected chi connectivity index (χ1v) is 10.4. The number of carbonyl (C=O) groups is 2. The molecular weight excluding hydrogens is 439 g/mol. The highest BCUT2D eigenvalue weighted by Crippen LogP contribution is 2.24. The summed E-state index contributed by atoms with van der Waals surface area (Å²) in [6, 6.07) is 4.95. The summed E-state index contributed by atoms with van der Waals surface area (Å²) in [5.74, 6) is -0.742. The van der Waals surface area contributed by atoms with Gasteiger partial charge in [-0.25, -0.2) is 0 Å². The highest BCUT2D eigenvalue weighted by molar-refractivity contribution is 5.93. The highest BCUT2D eigenvalue weighted by atomic mass is 19.4. The third-order valence-corrected chi connectivity index (χ3v) is 5.38. The fraction of sp³-hybridized carbons (Fsp3) is 0.409. The van der Waals surface area contributed by atoms with Crippen LogP contribution in [0.4, 0.5) is 18.9 Å². The molecule has 0 unspecified atom stereocenters. The van der Waals surface area contributed by atoms with Crippen LogP contribution in [0.1, 0.15) is 17.0 Å². The average Bonchev–Trinajstić information content (AvgIpc) is 2.98. The number of benzene rings is 1. The molecule has 11 heteroatoms. The molecule has 2 aromatic rings. The van der Waals surface area contributed by atoms with Gasteiger partial charge in [-0.1, -0.05) is 0 Å². The zero-order chi connectivity index (χ0) is 24.2. The number of hydrogen-bond donors (Lipinski definition) is 1. The highest BCUT2D eigenvalue weighted by Gasteiger charge is 2.31. The van der Waals surface area contributed by atoms with Crippen molar-refractivity contribution in [3.05, 3.63) is 47.3 Å². The Morgan fingerprint density at radius 3 is 2.30 bits per heavy atom. The fourth-order valence-electron chi connectivity index (χ4n) is 3.56. The number of anilines is 1. The summed E-state index contributed by atoms with van der Waals surface area (Å²) < 4.78 is 42.2. The van der Waals surface area contributed by atoms with Crippen molar-refractivity contribution in [1.29, 1.82) is 0 Å². The predicted molar refractivity (Wildman–Crippen MR) is 116 cm³/mol. The number of aryl methyl sites for hydroxylation is 2. The number of alkyl halides is 3. The van der Waals surface area contributed by atoms with Gasteiger partial charge >= 0.3 is 6.36 Å². The van der Waals surface area contributed by atoms with E-state index >= 15 is 0 Å². The molecule has 1 saturated heterocycles. The molecule has 1 N–H and O–H groups in total. The second kappa shape index (κ2) is 10.1. The fourth-order valence-corrected chi connectivity index (χ4v) is 3.56. The summed E-state index contributed by atoms with van der Waals surface area (Å²) in [5, 5.41) is 6.98. The third-order valence-electron chi connectivity index (χ3n) is 5.38. The van der Waals surface area contributed by atoms with Gasteiger partial charge in [-0.2, -0.15) is 5.10 Å². The summed E-state index contributed by atoms with van der Waals surface area (Å²) in [5.41, 5.74) is 3.14. The first kappa shape index (κ1) is 24.3. The molecule has 1 aromatic heterocycles. The lowest BCUT2D eigenvalue weighted by Gasteiger charge is -2.33. The average molecular weight is 465 g/mol.